The van der Waals surface area contributed by atoms with Gasteiger partial charge < -0.3 is 23.9 Å². The van der Waals surface area contributed by atoms with Gasteiger partial charge in [-0.15, -0.1) is 0 Å². The maximum absolute atomic E-state index is 13.0. The number of nitrogens with zero attached hydrogens (tertiary/aromatic N) is 5. The highest BCUT2D eigenvalue weighted by Crippen LogP contribution is 2.27. The third-order valence-corrected chi connectivity index (χ3v) is 5.35. The topological polar surface area (TPSA) is 153 Å². The van der Waals surface area contributed by atoms with E-state index in [1.54, 1.807) is 56.2 Å². The molecule has 13 nitrogen and oxygen atoms in total. The van der Waals surface area contributed by atoms with Gasteiger partial charge in [0, 0.05) is 32.6 Å². The molecule has 0 bridgehead atoms. The summed E-state index contributed by atoms with van der Waals surface area (Å²) < 4.78 is 23.6. The van der Waals surface area contributed by atoms with Crippen molar-refractivity contribution in [3.63, 3.8) is 0 Å². The minimum absolute atomic E-state index is 0.0335. The van der Waals surface area contributed by atoms with Crippen molar-refractivity contribution in [1.29, 1.82) is 0 Å². The number of pyridine rings is 1. The predicted molar refractivity (Wildman–Crippen MR) is 137 cm³/mol. The summed E-state index contributed by atoms with van der Waals surface area (Å²) in [6.45, 7) is 5.71. The van der Waals surface area contributed by atoms with E-state index in [9.17, 15) is 14.4 Å². The van der Waals surface area contributed by atoms with E-state index in [1.807, 2.05) is 6.07 Å². The van der Waals surface area contributed by atoms with Crippen LogP contribution in [0.5, 0.6) is 0 Å². The number of hydrogen-bond acceptors (Lipinski definition) is 10. The van der Waals surface area contributed by atoms with Crippen molar-refractivity contribution in [3.8, 4) is 22.7 Å². The molecule has 0 saturated heterocycles. The number of hydrogen-bond donors (Lipinski definition) is 1. The van der Waals surface area contributed by atoms with Crippen LogP contribution in [0.1, 0.15) is 31.3 Å². The van der Waals surface area contributed by atoms with Crippen LogP contribution in [0.3, 0.4) is 0 Å². The normalized spacial score (nSPS) is 11.8. The second kappa shape index (κ2) is 12.2. The number of esters is 1. The second-order valence-corrected chi connectivity index (χ2v) is 8.70. The third-order valence-electron chi connectivity index (χ3n) is 5.35. The van der Waals surface area contributed by atoms with Crippen molar-refractivity contribution in [2.24, 2.45) is 5.92 Å². The van der Waals surface area contributed by atoms with Crippen LogP contribution in [0.4, 0.5) is 10.5 Å². The molecule has 204 valence electrons. The molecule has 4 heterocycles. The van der Waals surface area contributed by atoms with Crippen LogP contribution < -0.4 is 5.32 Å². The van der Waals surface area contributed by atoms with E-state index in [-0.39, 0.29) is 11.7 Å². The fourth-order valence-electron chi connectivity index (χ4n) is 3.37. The Bertz CT molecular complexity index is 1440. The Morgan fingerprint density at radius 1 is 1.08 bits per heavy atom. The van der Waals surface area contributed by atoms with Crippen LogP contribution in [0.15, 0.2) is 59.5 Å². The standard InChI is InChI=1S/C26H28N6O7/c1-16(2)25(34)37-17(3)38-26(35)32-14-18(13-28-32)21-8-9-22(39-21)24(33)29-20-15-31(11-12-36-4)30-23(20)19-7-5-6-10-27-19/h5-10,13-17H,11-12H2,1-4H3,(H,29,33). The lowest BCUT2D eigenvalue weighted by Gasteiger charge is -2.14. The summed E-state index contributed by atoms with van der Waals surface area (Å²) in [6, 6.07) is 8.50. The van der Waals surface area contributed by atoms with E-state index >= 15 is 0 Å². The van der Waals surface area contributed by atoms with Crippen LogP contribution >= 0.6 is 0 Å². The summed E-state index contributed by atoms with van der Waals surface area (Å²) in [5.41, 5.74) is 1.98. The number of rotatable bonds is 10. The van der Waals surface area contributed by atoms with Crippen LogP contribution in [0, 0.1) is 5.92 Å². The van der Waals surface area contributed by atoms with Gasteiger partial charge in [-0.1, -0.05) is 19.9 Å². The van der Waals surface area contributed by atoms with Crippen LogP contribution in [-0.2, 0) is 25.5 Å². The van der Waals surface area contributed by atoms with Gasteiger partial charge in [0.25, 0.3) is 5.91 Å². The van der Waals surface area contributed by atoms with E-state index in [4.69, 9.17) is 18.6 Å². The summed E-state index contributed by atoms with van der Waals surface area (Å²) in [4.78, 5) is 41.4. The number of aromatic nitrogens is 5. The number of nitrogens with one attached hydrogen (secondary N) is 1. The molecule has 0 fully saturated rings. The Kier molecular flexibility index (Phi) is 8.51. The first-order valence-electron chi connectivity index (χ1n) is 12.1. The van der Waals surface area contributed by atoms with Gasteiger partial charge in [-0.05, 0) is 24.3 Å². The number of anilines is 1. The lowest BCUT2D eigenvalue weighted by molar-refractivity contribution is -0.168. The highest BCUT2D eigenvalue weighted by Gasteiger charge is 2.21. The molecule has 0 spiro atoms. The van der Waals surface area contributed by atoms with Crippen molar-refractivity contribution in [1.82, 2.24) is 24.5 Å². The summed E-state index contributed by atoms with van der Waals surface area (Å²) in [5.74, 6) is -1.02. The molecule has 0 aliphatic carbocycles. The monoisotopic (exact) mass is 536 g/mol. The Hall–Kier alpha value is -4.78. The molecule has 1 atom stereocenters. The van der Waals surface area contributed by atoms with Gasteiger partial charge in [0.15, 0.2) is 5.76 Å². The average Bonchev–Trinajstić information content (AvgIpc) is 3.67. The molecule has 4 aromatic rings. The van der Waals surface area contributed by atoms with Gasteiger partial charge in [0.1, 0.15) is 11.5 Å². The highest BCUT2D eigenvalue weighted by molar-refractivity contribution is 6.04. The second-order valence-electron chi connectivity index (χ2n) is 8.70. The molecule has 0 radical (unpaired) electrons. The van der Waals surface area contributed by atoms with Gasteiger partial charge in [-0.25, -0.2) is 4.79 Å². The molecule has 0 saturated carbocycles. The first-order valence-corrected chi connectivity index (χ1v) is 12.1. The first kappa shape index (κ1) is 27.3. The summed E-state index contributed by atoms with van der Waals surface area (Å²) in [5, 5.41) is 11.3. The summed E-state index contributed by atoms with van der Waals surface area (Å²) >= 11 is 0. The van der Waals surface area contributed by atoms with Crippen molar-refractivity contribution in [3.05, 3.63) is 60.9 Å². The Labute approximate surface area is 223 Å². The fourth-order valence-corrected chi connectivity index (χ4v) is 3.37. The van der Waals surface area contributed by atoms with Crippen LogP contribution in [-0.4, -0.2) is 62.5 Å². The van der Waals surface area contributed by atoms with Crippen LogP contribution in [0.25, 0.3) is 22.7 Å². The predicted octanol–water partition coefficient (Wildman–Crippen LogP) is 3.83. The highest BCUT2D eigenvalue weighted by atomic mass is 16.7. The van der Waals surface area contributed by atoms with Crippen LogP contribution in [0.2, 0.25) is 0 Å². The van der Waals surface area contributed by atoms with Crippen molar-refractivity contribution < 1.29 is 33.0 Å². The van der Waals surface area contributed by atoms with Crippen molar-refractivity contribution >= 4 is 23.7 Å². The average molecular weight is 537 g/mol. The van der Waals surface area contributed by atoms with Crippen molar-refractivity contribution in [2.75, 3.05) is 19.0 Å². The van der Waals surface area contributed by atoms with Gasteiger partial charge in [-0.3, -0.25) is 19.3 Å². The van der Waals surface area contributed by atoms with Crippen molar-refractivity contribution in [2.45, 2.75) is 33.6 Å². The van der Waals surface area contributed by atoms with E-state index in [1.165, 1.54) is 25.4 Å². The fraction of sp³-hybridized carbons (Fsp3) is 0.308. The molecular weight excluding hydrogens is 508 g/mol. The molecule has 13 heteroatoms. The van der Waals surface area contributed by atoms with Gasteiger partial charge in [0.05, 0.1) is 42.2 Å². The van der Waals surface area contributed by atoms with E-state index in [2.05, 4.69) is 20.5 Å². The summed E-state index contributed by atoms with van der Waals surface area (Å²) in [7, 11) is 1.60. The van der Waals surface area contributed by atoms with E-state index in [0.717, 1.165) is 4.68 Å². The lowest BCUT2D eigenvalue weighted by atomic mass is 10.2. The number of furan rings is 1. The first-order chi connectivity index (χ1) is 18.7. The maximum atomic E-state index is 13.0. The molecule has 4 aromatic heterocycles. The SMILES string of the molecule is COCCn1cc(NC(=O)c2ccc(-c3cnn(C(=O)OC(C)OC(=O)C(C)C)c3)o2)c(-c2ccccn2)n1. The Morgan fingerprint density at radius 2 is 1.90 bits per heavy atom. The molecular formula is C26H28N6O7. The molecule has 39 heavy (non-hydrogen) atoms. The summed E-state index contributed by atoms with van der Waals surface area (Å²) in [6.07, 6.45) is 4.16. The zero-order valence-corrected chi connectivity index (χ0v) is 21.9. The quantitative estimate of drug-likeness (QED) is 0.234. The minimum Gasteiger partial charge on any atom is -0.451 e. The van der Waals surface area contributed by atoms with E-state index in [0.29, 0.717) is 41.6 Å². The zero-order valence-electron chi connectivity index (χ0n) is 21.9. The number of ether oxygens (including phenoxy) is 3. The molecule has 4 rings (SSSR count). The Balaban J connectivity index is 1.45. The largest absolute Gasteiger partial charge is 0.451 e. The molecule has 0 aliphatic rings. The molecule has 1 amide bonds. The molecule has 0 aromatic carbocycles. The molecule has 1 unspecified atom stereocenters. The lowest BCUT2D eigenvalue weighted by Crippen LogP contribution is -2.26. The maximum Gasteiger partial charge on any atom is 0.437 e. The Morgan fingerprint density at radius 3 is 2.62 bits per heavy atom. The number of carbonyl (C=O) groups is 3. The van der Waals surface area contributed by atoms with Gasteiger partial charge in [-0.2, -0.15) is 14.9 Å². The number of carbonyl (C=O) groups excluding carboxylic acids is 3. The number of methoxy groups -OCH3 is 1. The smallest absolute Gasteiger partial charge is 0.437 e. The third kappa shape index (κ3) is 6.76. The zero-order chi connectivity index (χ0) is 27.9. The van der Waals surface area contributed by atoms with E-state index < -0.39 is 24.3 Å². The molecule has 1 N–H and O–H groups in total. The minimum atomic E-state index is -1.09. The number of amides is 1. The van der Waals surface area contributed by atoms with Gasteiger partial charge >= 0.3 is 12.1 Å². The molecule has 0 aliphatic heterocycles. The van der Waals surface area contributed by atoms with Gasteiger partial charge in [0.2, 0.25) is 6.29 Å².